The highest BCUT2D eigenvalue weighted by Gasteiger charge is 2.35. The Hall–Kier alpha value is -5.15. The lowest BCUT2D eigenvalue weighted by atomic mass is 9.93. The zero-order valence-corrected chi connectivity index (χ0v) is 25.5. The van der Waals surface area contributed by atoms with E-state index in [4.69, 9.17) is 23.9 Å². The SMILES string of the molecule is CCOC(=O)C1=C(c2ccccc2)N=c2s/c(=C/c3c(OC)ccc4ccccc34)c(=O)n2[C@H]1c1ccc(OC)c(OC)c1. The fourth-order valence-corrected chi connectivity index (χ4v) is 6.49. The molecule has 6 rings (SSSR count). The molecular weight excluding hydrogens is 576 g/mol. The predicted molar refractivity (Wildman–Crippen MR) is 171 cm³/mol. The van der Waals surface area contributed by atoms with E-state index < -0.39 is 12.0 Å². The molecule has 0 amide bonds. The maximum absolute atomic E-state index is 14.4. The maximum Gasteiger partial charge on any atom is 0.338 e. The van der Waals surface area contributed by atoms with Gasteiger partial charge in [-0.2, -0.15) is 0 Å². The molecule has 8 nitrogen and oxygen atoms in total. The second kappa shape index (κ2) is 12.2. The van der Waals surface area contributed by atoms with Crippen molar-refractivity contribution in [2.75, 3.05) is 27.9 Å². The van der Waals surface area contributed by atoms with Gasteiger partial charge in [0.2, 0.25) is 0 Å². The van der Waals surface area contributed by atoms with Crippen LogP contribution in [0.5, 0.6) is 17.2 Å². The number of esters is 1. The Balaban J connectivity index is 1.69. The molecule has 0 radical (unpaired) electrons. The van der Waals surface area contributed by atoms with E-state index >= 15 is 0 Å². The molecule has 0 spiro atoms. The maximum atomic E-state index is 14.4. The summed E-state index contributed by atoms with van der Waals surface area (Å²) in [5.74, 6) is 1.08. The third-order valence-electron chi connectivity index (χ3n) is 7.52. The molecule has 0 bridgehead atoms. The van der Waals surface area contributed by atoms with Crippen LogP contribution in [-0.2, 0) is 9.53 Å². The molecule has 0 fully saturated rings. The molecule has 1 aromatic heterocycles. The smallest absolute Gasteiger partial charge is 0.338 e. The zero-order chi connectivity index (χ0) is 30.8. The van der Waals surface area contributed by atoms with E-state index in [0.29, 0.717) is 37.8 Å². The lowest BCUT2D eigenvalue weighted by molar-refractivity contribution is -0.138. The van der Waals surface area contributed by atoms with Gasteiger partial charge in [-0.05, 0) is 47.5 Å². The Bertz CT molecular complexity index is 2100. The van der Waals surface area contributed by atoms with Crippen LogP contribution in [-0.4, -0.2) is 38.5 Å². The number of thiazole rings is 1. The molecule has 222 valence electrons. The third kappa shape index (κ3) is 5.05. The molecule has 0 unspecified atom stereocenters. The first-order chi connectivity index (χ1) is 21.5. The number of carbonyl (C=O) groups is 1. The van der Waals surface area contributed by atoms with E-state index in [2.05, 4.69) is 0 Å². The highest BCUT2D eigenvalue weighted by Crippen LogP contribution is 2.38. The van der Waals surface area contributed by atoms with Gasteiger partial charge < -0.3 is 18.9 Å². The number of carbonyl (C=O) groups excluding carboxylic acids is 1. The van der Waals surface area contributed by atoms with E-state index in [-0.39, 0.29) is 17.7 Å². The van der Waals surface area contributed by atoms with E-state index in [1.54, 1.807) is 45.0 Å². The third-order valence-corrected chi connectivity index (χ3v) is 8.51. The molecular formula is C35H30N2O6S. The van der Waals surface area contributed by atoms with Crippen molar-refractivity contribution in [3.05, 3.63) is 127 Å². The molecule has 5 aromatic rings. The molecule has 0 saturated heterocycles. The topological polar surface area (TPSA) is 88.4 Å². The standard InChI is InChI=1S/C35H30N2O6S/c1-5-43-34(39)30-31(22-12-7-6-8-13-22)36-35-37(32(30)23-16-18-27(41-3)28(19-23)42-4)33(38)29(44-35)20-25-24-14-10-9-11-21(24)15-17-26(25)40-2/h6-20,32H,5H2,1-4H3/b29-20+/t32-/m0/s1. The van der Waals surface area contributed by atoms with Gasteiger partial charge in [0.15, 0.2) is 16.3 Å². The van der Waals surface area contributed by atoms with Gasteiger partial charge in [0.05, 0.1) is 49.8 Å². The largest absolute Gasteiger partial charge is 0.496 e. The van der Waals surface area contributed by atoms with E-state index in [9.17, 15) is 9.59 Å². The van der Waals surface area contributed by atoms with Crippen LogP contribution >= 0.6 is 11.3 Å². The van der Waals surface area contributed by atoms with E-state index in [1.165, 1.54) is 11.3 Å². The quantitative estimate of drug-likeness (QED) is 0.228. The first-order valence-electron chi connectivity index (χ1n) is 14.0. The minimum absolute atomic E-state index is 0.161. The number of hydrogen-bond acceptors (Lipinski definition) is 8. The van der Waals surface area contributed by atoms with E-state index in [1.807, 2.05) is 78.9 Å². The first kappa shape index (κ1) is 28.9. The van der Waals surface area contributed by atoms with Gasteiger partial charge in [-0.3, -0.25) is 9.36 Å². The molecule has 0 N–H and O–H groups in total. The number of ether oxygens (including phenoxy) is 4. The number of methoxy groups -OCH3 is 3. The van der Waals surface area contributed by atoms with Gasteiger partial charge in [0.25, 0.3) is 5.56 Å². The van der Waals surface area contributed by atoms with E-state index in [0.717, 1.165) is 21.9 Å². The second-order valence-electron chi connectivity index (χ2n) is 9.95. The summed E-state index contributed by atoms with van der Waals surface area (Å²) in [6.07, 6.45) is 1.84. The normalized spacial score (nSPS) is 14.6. The molecule has 9 heteroatoms. The van der Waals surface area contributed by atoms with Gasteiger partial charge in [-0.15, -0.1) is 0 Å². The summed E-state index contributed by atoms with van der Waals surface area (Å²) in [7, 11) is 4.71. The van der Waals surface area contributed by atoms with Crippen LogP contribution in [0.3, 0.4) is 0 Å². The van der Waals surface area contributed by atoms with Crippen molar-refractivity contribution >= 4 is 39.9 Å². The van der Waals surface area contributed by atoms with Crippen LogP contribution in [0.15, 0.2) is 100 Å². The molecule has 0 aliphatic carbocycles. The van der Waals surface area contributed by atoms with Crippen LogP contribution in [0.4, 0.5) is 0 Å². The molecule has 4 aromatic carbocycles. The molecule has 1 aliphatic heterocycles. The molecule has 1 aliphatic rings. The minimum Gasteiger partial charge on any atom is -0.496 e. The van der Waals surface area contributed by atoms with Crippen LogP contribution in [0, 0.1) is 0 Å². The number of hydrogen-bond donors (Lipinski definition) is 0. The number of aromatic nitrogens is 1. The number of rotatable bonds is 8. The summed E-state index contributed by atoms with van der Waals surface area (Å²) >= 11 is 1.26. The zero-order valence-electron chi connectivity index (χ0n) is 24.7. The van der Waals surface area contributed by atoms with Gasteiger partial charge in [-0.25, -0.2) is 9.79 Å². The summed E-state index contributed by atoms with van der Waals surface area (Å²) < 4.78 is 24.4. The summed E-state index contributed by atoms with van der Waals surface area (Å²) in [5.41, 5.74) is 2.56. The lowest BCUT2D eigenvalue weighted by Crippen LogP contribution is -2.40. The van der Waals surface area contributed by atoms with Crippen LogP contribution in [0.1, 0.15) is 29.7 Å². The van der Waals surface area contributed by atoms with Crippen molar-refractivity contribution in [1.82, 2.24) is 4.57 Å². The molecule has 44 heavy (non-hydrogen) atoms. The molecule has 1 atom stereocenters. The lowest BCUT2D eigenvalue weighted by Gasteiger charge is -2.26. The summed E-state index contributed by atoms with van der Waals surface area (Å²) in [6.45, 7) is 1.91. The van der Waals surface area contributed by atoms with Gasteiger partial charge in [-0.1, -0.05) is 78.1 Å². The van der Waals surface area contributed by atoms with Crippen molar-refractivity contribution in [3.63, 3.8) is 0 Å². The van der Waals surface area contributed by atoms with Crippen molar-refractivity contribution in [2.24, 2.45) is 4.99 Å². The second-order valence-corrected chi connectivity index (χ2v) is 11.0. The Morgan fingerprint density at radius 1 is 0.886 bits per heavy atom. The summed E-state index contributed by atoms with van der Waals surface area (Å²) in [4.78, 5) is 33.5. The highest BCUT2D eigenvalue weighted by molar-refractivity contribution is 7.07. The molecule has 0 saturated carbocycles. The fourth-order valence-electron chi connectivity index (χ4n) is 5.51. The highest BCUT2D eigenvalue weighted by atomic mass is 32.1. The monoisotopic (exact) mass is 606 g/mol. The summed E-state index contributed by atoms with van der Waals surface area (Å²) in [5, 5.41) is 1.97. The number of fused-ring (bicyclic) bond motifs is 2. The van der Waals surface area contributed by atoms with Crippen LogP contribution in [0.25, 0.3) is 22.5 Å². The Morgan fingerprint density at radius 2 is 1.59 bits per heavy atom. The predicted octanol–water partition coefficient (Wildman–Crippen LogP) is 5.11. The number of benzene rings is 4. The van der Waals surface area contributed by atoms with Gasteiger partial charge in [0, 0.05) is 11.1 Å². The molecule has 2 heterocycles. The van der Waals surface area contributed by atoms with Crippen molar-refractivity contribution in [1.29, 1.82) is 0 Å². The van der Waals surface area contributed by atoms with Gasteiger partial charge in [0.1, 0.15) is 5.75 Å². The Morgan fingerprint density at radius 3 is 2.32 bits per heavy atom. The number of nitrogens with zero attached hydrogens (tertiary/aromatic N) is 2. The summed E-state index contributed by atoms with van der Waals surface area (Å²) in [6, 6.07) is 25.8. The average Bonchev–Trinajstić information content (AvgIpc) is 3.38. The minimum atomic E-state index is -0.850. The van der Waals surface area contributed by atoms with Crippen molar-refractivity contribution in [3.8, 4) is 17.2 Å². The Kier molecular flexibility index (Phi) is 8.04. The van der Waals surface area contributed by atoms with Gasteiger partial charge >= 0.3 is 5.97 Å². The average molecular weight is 607 g/mol. The van der Waals surface area contributed by atoms with Crippen LogP contribution < -0.4 is 29.1 Å². The first-order valence-corrected chi connectivity index (χ1v) is 14.9. The van der Waals surface area contributed by atoms with Crippen molar-refractivity contribution < 1.29 is 23.7 Å². The Labute approximate surface area is 257 Å². The van der Waals surface area contributed by atoms with Crippen LogP contribution in [0.2, 0.25) is 0 Å². The fraction of sp³-hybridized carbons (Fsp3) is 0.171. The van der Waals surface area contributed by atoms with Crippen molar-refractivity contribution in [2.45, 2.75) is 13.0 Å².